The van der Waals surface area contributed by atoms with Crippen molar-refractivity contribution in [1.82, 2.24) is 9.13 Å². The quantitative estimate of drug-likeness (QED) is 0.122. The normalized spacial score (nSPS) is 14.1. The van der Waals surface area contributed by atoms with Gasteiger partial charge in [-0.05, 0) is 75.2 Å². The topological polar surface area (TPSA) is 137 Å². The van der Waals surface area contributed by atoms with Crippen LogP contribution in [0.4, 0.5) is 0 Å². The van der Waals surface area contributed by atoms with Crippen LogP contribution < -0.4 is 24.4 Å². The second-order valence-electron chi connectivity index (χ2n) is 12.0. The van der Waals surface area contributed by atoms with Crippen LogP contribution in [-0.2, 0) is 30.3 Å². The predicted octanol–water partition coefficient (Wildman–Crippen LogP) is 4.93. The number of rotatable bonds is 13. The molecule has 3 aromatic carbocycles. The zero-order chi connectivity index (χ0) is 37.6. The Balaban J connectivity index is 1.44. The number of fused-ring (bicyclic) bond motifs is 2. The van der Waals surface area contributed by atoms with Crippen LogP contribution >= 0.6 is 11.3 Å². The van der Waals surface area contributed by atoms with Crippen molar-refractivity contribution < 1.29 is 38.1 Å². The van der Waals surface area contributed by atoms with E-state index in [2.05, 4.69) is 4.57 Å². The fraction of sp³-hybridized carbons (Fsp3) is 0.275. The molecule has 1 atom stereocenters. The molecular formula is C40H39N3O9S. The van der Waals surface area contributed by atoms with Gasteiger partial charge in [-0.15, -0.1) is 0 Å². The monoisotopic (exact) mass is 737 g/mol. The van der Waals surface area contributed by atoms with Crippen molar-refractivity contribution in [1.29, 1.82) is 0 Å². The van der Waals surface area contributed by atoms with Crippen molar-refractivity contribution in [3.05, 3.63) is 126 Å². The van der Waals surface area contributed by atoms with Crippen LogP contribution in [0.25, 0.3) is 17.0 Å². The van der Waals surface area contributed by atoms with Gasteiger partial charge in [-0.1, -0.05) is 47.7 Å². The summed E-state index contributed by atoms with van der Waals surface area (Å²) in [4.78, 5) is 57.0. The molecule has 0 amide bonds. The minimum absolute atomic E-state index is 0.136. The lowest BCUT2D eigenvalue weighted by molar-refractivity contribution is -0.143. The van der Waals surface area contributed by atoms with E-state index in [1.165, 1.54) is 23.0 Å². The molecule has 53 heavy (non-hydrogen) atoms. The minimum atomic E-state index is -0.889. The molecule has 0 bridgehead atoms. The molecule has 2 aromatic heterocycles. The molecule has 5 aromatic rings. The van der Waals surface area contributed by atoms with Crippen LogP contribution in [0.15, 0.2) is 94.0 Å². The van der Waals surface area contributed by atoms with E-state index < -0.39 is 18.0 Å². The molecule has 0 unspecified atom stereocenters. The number of carbonyl (C=O) groups excluding carboxylic acids is 3. The van der Waals surface area contributed by atoms with Crippen LogP contribution in [-0.4, -0.2) is 60.6 Å². The Morgan fingerprint density at radius 3 is 2.34 bits per heavy atom. The molecule has 274 valence electrons. The van der Waals surface area contributed by atoms with Gasteiger partial charge in [-0.2, -0.15) is 0 Å². The smallest absolute Gasteiger partial charge is 0.343 e. The van der Waals surface area contributed by atoms with Gasteiger partial charge in [0.1, 0.15) is 0 Å². The average molecular weight is 738 g/mol. The number of hydrogen-bond donors (Lipinski definition) is 0. The molecule has 1 aliphatic heterocycles. The number of nitrogens with zero attached hydrogens (tertiary/aromatic N) is 3. The highest BCUT2D eigenvalue weighted by molar-refractivity contribution is 7.07. The number of esters is 3. The summed E-state index contributed by atoms with van der Waals surface area (Å²) in [6.07, 6.45) is 3.85. The lowest BCUT2D eigenvalue weighted by atomic mass is 9.95. The first-order valence-corrected chi connectivity index (χ1v) is 18.0. The number of methoxy groups -OCH3 is 1. The van der Waals surface area contributed by atoms with Gasteiger partial charge >= 0.3 is 17.9 Å². The van der Waals surface area contributed by atoms with E-state index in [0.29, 0.717) is 57.4 Å². The molecule has 1 aliphatic rings. The largest absolute Gasteiger partial charge is 0.490 e. The molecular weight excluding hydrogens is 699 g/mol. The molecule has 0 aliphatic carbocycles. The molecule has 0 spiro atoms. The zero-order valence-electron chi connectivity index (χ0n) is 30.0. The number of ether oxygens (including phenoxy) is 5. The maximum absolute atomic E-state index is 14.4. The number of benzene rings is 3. The lowest BCUT2D eigenvalue weighted by Crippen LogP contribution is -2.40. The molecule has 0 saturated heterocycles. The van der Waals surface area contributed by atoms with Crippen molar-refractivity contribution in [2.75, 3.05) is 33.5 Å². The number of carbonyl (C=O) groups is 3. The van der Waals surface area contributed by atoms with Crippen LogP contribution in [0.1, 0.15) is 60.8 Å². The Morgan fingerprint density at radius 2 is 1.62 bits per heavy atom. The maximum atomic E-state index is 14.4. The van der Waals surface area contributed by atoms with Crippen molar-refractivity contribution in [3.8, 4) is 11.5 Å². The lowest BCUT2D eigenvalue weighted by Gasteiger charge is -2.25. The third kappa shape index (κ3) is 7.65. The van der Waals surface area contributed by atoms with Crippen LogP contribution in [0, 0.1) is 0 Å². The van der Waals surface area contributed by atoms with Gasteiger partial charge < -0.3 is 28.3 Å². The first-order chi connectivity index (χ1) is 25.7. The molecule has 0 radical (unpaired) electrons. The standard InChI is InChI=1S/C40H39N3O9S/c1-6-49-32-19-27(17-18-31(32)52-23-34(44)48-5)36-35(39(47)51-8-3)24(4)41-40-43(36)37(45)33(53-40)20-28-22-42(30-12-10-9-11-29(28)30)21-25-13-15-26(16-14-25)38(46)50-7-2/h9-20,22,36H,6-8,21,23H2,1-5H3/b33-20+/t36-/m1/s1. The fourth-order valence-corrected chi connectivity index (χ4v) is 7.24. The van der Waals surface area contributed by atoms with E-state index in [9.17, 15) is 19.2 Å². The fourth-order valence-electron chi connectivity index (χ4n) is 6.20. The highest BCUT2D eigenvalue weighted by atomic mass is 32.1. The van der Waals surface area contributed by atoms with Gasteiger partial charge in [0, 0.05) is 29.2 Å². The molecule has 3 heterocycles. The van der Waals surface area contributed by atoms with E-state index in [1.54, 1.807) is 51.1 Å². The maximum Gasteiger partial charge on any atom is 0.343 e. The average Bonchev–Trinajstić information content (AvgIpc) is 3.66. The summed E-state index contributed by atoms with van der Waals surface area (Å²) < 4.78 is 30.9. The molecule has 6 rings (SSSR count). The summed E-state index contributed by atoms with van der Waals surface area (Å²) in [6, 6.07) is 19.4. The number of hydrogen-bond acceptors (Lipinski definition) is 11. The summed E-state index contributed by atoms with van der Waals surface area (Å²) in [5, 5.41) is 0.949. The number of allylic oxidation sites excluding steroid dienone is 1. The summed E-state index contributed by atoms with van der Waals surface area (Å²) in [6.45, 7) is 7.97. The second kappa shape index (κ2) is 16.2. The summed E-state index contributed by atoms with van der Waals surface area (Å²) in [7, 11) is 1.27. The van der Waals surface area contributed by atoms with Crippen molar-refractivity contribution >= 4 is 46.2 Å². The summed E-state index contributed by atoms with van der Waals surface area (Å²) in [5.74, 6) is -0.872. The number of para-hydroxylation sites is 1. The first kappa shape index (κ1) is 36.8. The van der Waals surface area contributed by atoms with Crippen LogP contribution in [0.3, 0.4) is 0 Å². The molecule has 0 fully saturated rings. The molecule has 0 N–H and O–H groups in total. The molecule has 13 heteroatoms. The van der Waals surface area contributed by atoms with E-state index in [0.717, 1.165) is 22.0 Å². The van der Waals surface area contributed by atoms with Crippen molar-refractivity contribution in [2.24, 2.45) is 4.99 Å². The minimum Gasteiger partial charge on any atom is -0.490 e. The van der Waals surface area contributed by atoms with E-state index in [1.807, 2.05) is 55.6 Å². The molecule has 12 nitrogen and oxygen atoms in total. The second-order valence-corrected chi connectivity index (χ2v) is 13.0. The van der Waals surface area contributed by atoms with Gasteiger partial charge in [0.15, 0.2) is 22.9 Å². The summed E-state index contributed by atoms with van der Waals surface area (Å²) >= 11 is 1.23. The van der Waals surface area contributed by atoms with Gasteiger partial charge in [0.05, 0.1) is 54.3 Å². The van der Waals surface area contributed by atoms with Crippen LogP contribution in [0.5, 0.6) is 11.5 Å². The third-order valence-electron chi connectivity index (χ3n) is 8.60. The summed E-state index contributed by atoms with van der Waals surface area (Å²) in [5.41, 5.74) is 4.16. The van der Waals surface area contributed by atoms with Crippen LogP contribution in [0.2, 0.25) is 0 Å². The van der Waals surface area contributed by atoms with Crippen molar-refractivity contribution in [3.63, 3.8) is 0 Å². The Bertz CT molecular complexity index is 2400. The van der Waals surface area contributed by atoms with Crippen molar-refractivity contribution in [2.45, 2.75) is 40.3 Å². The predicted molar refractivity (Wildman–Crippen MR) is 199 cm³/mol. The Labute approximate surface area is 309 Å². The number of aromatic nitrogens is 2. The first-order valence-electron chi connectivity index (χ1n) is 17.2. The Morgan fingerprint density at radius 1 is 0.887 bits per heavy atom. The highest BCUT2D eigenvalue weighted by Gasteiger charge is 2.34. The Kier molecular flexibility index (Phi) is 11.2. The van der Waals surface area contributed by atoms with E-state index >= 15 is 0 Å². The van der Waals surface area contributed by atoms with Gasteiger partial charge in [-0.25, -0.2) is 19.4 Å². The Hall–Kier alpha value is -5.95. The van der Waals surface area contributed by atoms with E-state index in [-0.39, 0.29) is 30.3 Å². The third-order valence-corrected chi connectivity index (χ3v) is 9.58. The molecule has 0 saturated carbocycles. The van der Waals surface area contributed by atoms with E-state index in [4.69, 9.17) is 28.7 Å². The van der Waals surface area contributed by atoms with Gasteiger partial charge in [-0.3, -0.25) is 9.36 Å². The SMILES string of the molecule is CCOC(=O)C1=C(C)N=c2s/c(=C/c3cn(Cc4ccc(C(=O)OCC)cc4)c4ccccc34)c(=O)n2[C@@H]1c1ccc(OCC(=O)OC)c(OCC)c1. The van der Waals surface area contributed by atoms with Gasteiger partial charge in [0.25, 0.3) is 5.56 Å². The highest BCUT2D eigenvalue weighted by Crippen LogP contribution is 2.36. The number of thiazole rings is 1. The zero-order valence-corrected chi connectivity index (χ0v) is 30.9. The van der Waals surface area contributed by atoms with Gasteiger partial charge in [0.2, 0.25) is 0 Å².